The van der Waals surface area contributed by atoms with Crippen molar-refractivity contribution in [3.8, 4) is 0 Å². The van der Waals surface area contributed by atoms with Gasteiger partial charge in [0.25, 0.3) is 0 Å². The van der Waals surface area contributed by atoms with Gasteiger partial charge in [0.1, 0.15) is 12.6 Å². The monoisotopic (exact) mass is 589 g/mol. The van der Waals surface area contributed by atoms with Crippen LogP contribution in [-0.2, 0) is 32.6 Å². The molecule has 0 aliphatic heterocycles. The molecule has 1 unspecified atom stereocenters. The maximum absolute atomic E-state index is 14.1. The Bertz CT molecular complexity index is 1400. The topological polar surface area (TPSA) is 86.8 Å². The summed E-state index contributed by atoms with van der Waals surface area (Å²) < 4.78 is 26.9. The molecule has 0 spiro atoms. The van der Waals surface area contributed by atoms with Crippen molar-refractivity contribution in [3.63, 3.8) is 0 Å². The Morgan fingerprint density at radius 3 is 2.28 bits per heavy atom. The van der Waals surface area contributed by atoms with E-state index < -0.39 is 28.5 Å². The van der Waals surface area contributed by atoms with E-state index in [2.05, 4.69) is 5.32 Å². The summed E-state index contributed by atoms with van der Waals surface area (Å²) in [6.45, 7) is 3.62. The van der Waals surface area contributed by atoms with Gasteiger partial charge >= 0.3 is 0 Å². The maximum Gasteiger partial charge on any atom is 0.244 e. The van der Waals surface area contributed by atoms with E-state index in [0.29, 0.717) is 33.4 Å². The third-order valence-electron chi connectivity index (χ3n) is 6.24. The van der Waals surface area contributed by atoms with Gasteiger partial charge in [0.05, 0.1) is 11.9 Å². The molecule has 0 saturated carbocycles. The zero-order valence-corrected chi connectivity index (χ0v) is 24.6. The minimum Gasteiger partial charge on any atom is -0.354 e. The standard InChI is InChI=1S/C29H33Cl2N3O4S/c1-4-16-32-29(36)27(17-22-10-6-5-7-11-22)33(19-23-12-8-9-13-25(23)31)28(35)20-34(39(3,37)38)26-18-24(30)15-14-21(26)2/h5-15,18,27H,4,16-17,19-20H2,1-3H3,(H,32,36). The fraction of sp³-hybridized carbons (Fsp3) is 0.310. The van der Waals surface area contributed by atoms with Crippen LogP contribution in [-0.4, -0.2) is 50.5 Å². The van der Waals surface area contributed by atoms with Crippen molar-refractivity contribution >= 4 is 50.7 Å². The van der Waals surface area contributed by atoms with Gasteiger partial charge in [-0.05, 0) is 48.2 Å². The number of aryl methyl sites for hydroxylation is 1. The Hall–Kier alpha value is -3.07. The second-order valence-electron chi connectivity index (χ2n) is 9.31. The van der Waals surface area contributed by atoms with Gasteiger partial charge in [0.15, 0.2) is 0 Å². The van der Waals surface area contributed by atoms with E-state index in [1.54, 1.807) is 43.3 Å². The van der Waals surface area contributed by atoms with Crippen LogP contribution in [0.25, 0.3) is 0 Å². The lowest BCUT2D eigenvalue weighted by Gasteiger charge is -2.34. The molecular formula is C29H33Cl2N3O4S. The van der Waals surface area contributed by atoms with E-state index in [-0.39, 0.29) is 18.9 Å². The molecule has 3 rings (SSSR count). The number of carbonyl (C=O) groups excluding carboxylic acids is 2. The third-order valence-corrected chi connectivity index (χ3v) is 7.97. The Morgan fingerprint density at radius 1 is 0.974 bits per heavy atom. The first kappa shape index (κ1) is 30.5. The van der Waals surface area contributed by atoms with E-state index in [4.69, 9.17) is 23.2 Å². The highest BCUT2D eigenvalue weighted by molar-refractivity contribution is 7.92. The third kappa shape index (κ3) is 8.46. The molecule has 0 bridgehead atoms. The molecular weight excluding hydrogens is 557 g/mol. The second kappa shape index (κ2) is 13.8. The largest absolute Gasteiger partial charge is 0.354 e. The quantitative estimate of drug-likeness (QED) is 0.313. The molecule has 0 fully saturated rings. The van der Waals surface area contributed by atoms with E-state index in [1.165, 1.54) is 11.0 Å². The smallest absolute Gasteiger partial charge is 0.244 e. The normalized spacial score (nSPS) is 12.0. The van der Waals surface area contributed by atoms with Crippen molar-refractivity contribution in [1.82, 2.24) is 10.2 Å². The number of halogens is 2. The zero-order valence-electron chi connectivity index (χ0n) is 22.2. The number of hydrogen-bond acceptors (Lipinski definition) is 4. The molecule has 7 nitrogen and oxygen atoms in total. The minimum atomic E-state index is -3.89. The van der Waals surface area contributed by atoms with Crippen LogP contribution >= 0.6 is 23.2 Å². The first-order chi connectivity index (χ1) is 18.5. The predicted molar refractivity (Wildman–Crippen MR) is 158 cm³/mol. The van der Waals surface area contributed by atoms with Crippen molar-refractivity contribution in [2.24, 2.45) is 0 Å². The van der Waals surface area contributed by atoms with Crippen LogP contribution in [0.2, 0.25) is 10.0 Å². The number of amides is 2. The molecule has 1 atom stereocenters. The molecule has 0 aromatic heterocycles. The fourth-order valence-electron chi connectivity index (χ4n) is 4.18. The van der Waals surface area contributed by atoms with E-state index >= 15 is 0 Å². The summed E-state index contributed by atoms with van der Waals surface area (Å²) >= 11 is 12.6. The number of nitrogens with zero attached hydrogens (tertiary/aromatic N) is 2. The highest BCUT2D eigenvalue weighted by atomic mass is 35.5. The molecule has 0 saturated heterocycles. The minimum absolute atomic E-state index is 0.0156. The predicted octanol–water partition coefficient (Wildman–Crippen LogP) is 5.23. The molecule has 0 heterocycles. The molecule has 10 heteroatoms. The Balaban J connectivity index is 2.08. The lowest BCUT2D eigenvalue weighted by Crippen LogP contribution is -2.53. The number of anilines is 1. The van der Waals surface area contributed by atoms with Crippen LogP contribution in [0.1, 0.15) is 30.0 Å². The van der Waals surface area contributed by atoms with Gasteiger partial charge in [0, 0.05) is 29.6 Å². The Kier molecular flexibility index (Phi) is 10.8. The van der Waals surface area contributed by atoms with E-state index in [1.807, 2.05) is 37.3 Å². The number of carbonyl (C=O) groups is 2. The lowest BCUT2D eigenvalue weighted by atomic mass is 10.0. The molecule has 3 aromatic rings. The van der Waals surface area contributed by atoms with Gasteiger partial charge in [-0.25, -0.2) is 8.42 Å². The van der Waals surface area contributed by atoms with Crippen LogP contribution in [0.15, 0.2) is 72.8 Å². The number of hydrogen-bond donors (Lipinski definition) is 1. The number of rotatable bonds is 12. The first-order valence-electron chi connectivity index (χ1n) is 12.6. The molecule has 3 aromatic carbocycles. The van der Waals surface area contributed by atoms with Crippen molar-refractivity contribution in [1.29, 1.82) is 0 Å². The molecule has 39 heavy (non-hydrogen) atoms. The van der Waals surface area contributed by atoms with Crippen LogP contribution in [0.5, 0.6) is 0 Å². The van der Waals surface area contributed by atoms with E-state index in [0.717, 1.165) is 22.5 Å². The summed E-state index contributed by atoms with van der Waals surface area (Å²) in [5.74, 6) is -0.877. The Labute approximate surface area is 240 Å². The molecule has 1 N–H and O–H groups in total. The van der Waals surface area contributed by atoms with Crippen LogP contribution in [0.3, 0.4) is 0 Å². The van der Waals surface area contributed by atoms with Crippen LogP contribution < -0.4 is 9.62 Å². The van der Waals surface area contributed by atoms with Crippen molar-refractivity contribution in [2.45, 2.75) is 39.3 Å². The number of benzene rings is 3. The summed E-state index contributed by atoms with van der Waals surface area (Å²) in [5.41, 5.74) is 2.43. The molecule has 2 amide bonds. The second-order valence-corrected chi connectivity index (χ2v) is 12.1. The van der Waals surface area contributed by atoms with Crippen molar-refractivity contribution in [3.05, 3.63) is 99.5 Å². The van der Waals surface area contributed by atoms with Gasteiger partial charge in [0.2, 0.25) is 21.8 Å². The van der Waals surface area contributed by atoms with Crippen molar-refractivity contribution < 1.29 is 18.0 Å². The summed E-state index contributed by atoms with van der Waals surface area (Å²) in [4.78, 5) is 29.0. The van der Waals surface area contributed by atoms with Gasteiger partial charge in [-0.1, -0.05) is 84.7 Å². The van der Waals surface area contributed by atoms with Gasteiger partial charge in [-0.15, -0.1) is 0 Å². The van der Waals surface area contributed by atoms with E-state index in [9.17, 15) is 18.0 Å². The average Bonchev–Trinajstić information content (AvgIpc) is 2.90. The van der Waals surface area contributed by atoms with Crippen LogP contribution in [0, 0.1) is 6.92 Å². The Morgan fingerprint density at radius 2 is 1.64 bits per heavy atom. The molecule has 208 valence electrons. The summed E-state index contributed by atoms with van der Waals surface area (Å²) in [6.07, 6.45) is 1.99. The van der Waals surface area contributed by atoms with Gasteiger partial charge < -0.3 is 10.2 Å². The lowest BCUT2D eigenvalue weighted by molar-refractivity contribution is -0.140. The fourth-order valence-corrected chi connectivity index (χ4v) is 5.44. The average molecular weight is 591 g/mol. The number of sulfonamides is 1. The highest BCUT2D eigenvalue weighted by Crippen LogP contribution is 2.27. The molecule has 0 radical (unpaired) electrons. The SMILES string of the molecule is CCCNC(=O)C(Cc1ccccc1)N(Cc1ccccc1Cl)C(=O)CN(c1cc(Cl)ccc1C)S(C)(=O)=O. The highest BCUT2D eigenvalue weighted by Gasteiger charge is 2.33. The zero-order chi connectivity index (χ0) is 28.6. The summed E-state index contributed by atoms with van der Waals surface area (Å²) in [6, 6.07) is 20.4. The maximum atomic E-state index is 14.1. The van der Waals surface area contributed by atoms with Crippen molar-refractivity contribution in [2.75, 3.05) is 23.7 Å². The summed E-state index contributed by atoms with van der Waals surface area (Å²) in [5, 5.41) is 3.68. The summed E-state index contributed by atoms with van der Waals surface area (Å²) in [7, 11) is -3.89. The molecule has 0 aliphatic rings. The van der Waals surface area contributed by atoms with Crippen LogP contribution in [0.4, 0.5) is 5.69 Å². The first-order valence-corrected chi connectivity index (χ1v) is 15.2. The number of nitrogens with one attached hydrogen (secondary N) is 1. The van der Waals surface area contributed by atoms with Gasteiger partial charge in [-0.2, -0.15) is 0 Å². The van der Waals surface area contributed by atoms with Gasteiger partial charge in [-0.3, -0.25) is 13.9 Å². The molecule has 0 aliphatic carbocycles.